The van der Waals surface area contributed by atoms with E-state index in [4.69, 9.17) is 9.47 Å². The summed E-state index contributed by atoms with van der Waals surface area (Å²) in [5.74, 6) is 1.11. The Morgan fingerprint density at radius 2 is 1.93 bits per heavy atom. The number of hydrogen-bond donors (Lipinski definition) is 1. The largest absolute Gasteiger partial charge is 0.490 e. The van der Waals surface area contributed by atoms with E-state index in [9.17, 15) is 9.59 Å². The Kier molecular flexibility index (Phi) is 4.74. The van der Waals surface area contributed by atoms with Gasteiger partial charge in [0.15, 0.2) is 11.5 Å². The molecule has 1 aromatic heterocycles. The third kappa shape index (κ3) is 3.76. The topological polar surface area (TPSA) is 82.5 Å². The number of amides is 1. The maximum absolute atomic E-state index is 12.5. The number of aromatic nitrogens is 2. The minimum atomic E-state index is -0.190. The predicted octanol–water partition coefficient (Wildman–Crippen LogP) is 2.59. The lowest BCUT2D eigenvalue weighted by Crippen LogP contribution is -2.23. The molecular formula is C20H19N3O4. The normalized spacial score (nSPS) is 13.2. The van der Waals surface area contributed by atoms with Gasteiger partial charge in [-0.2, -0.15) is 0 Å². The smallest absolute Gasteiger partial charge is 0.261 e. The number of fused-ring (bicyclic) bond motifs is 2. The van der Waals surface area contributed by atoms with E-state index < -0.39 is 0 Å². The summed E-state index contributed by atoms with van der Waals surface area (Å²) in [6, 6.07) is 12.5. The summed E-state index contributed by atoms with van der Waals surface area (Å²) < 4.78 is 12.7. The van der Waals surface area contributed by atoms with Crippen molar-refractivity contribution in [3.8, 4) is 11.5 Å². The molecule has 2 aromatic carbocycles. The number of benzene rings is 2. The number of nitrogens with one attached hydrogen (secondary N) is 1. The van der Waals surface area contributed by atoms with E-state index >= 15 is 0 Å². The van der Waals surface area contributed by atoms with Gasteiger partial charge < -0.3 is 14.8 Å². The highest BCUT2D eigenvalue weighted by molar-refractivity contribution is 5.91. The summed E-state index contributed by atoms with van der Waals surface area (Å²) in [6.45, 7) is 1.46. The molecule has 0 atom stereocenters. The summed E-state index contributed by atoms with van der Waals surface area (Å²) in [5, 5.41) is 3.37. The van der Waals surface area contributed by atoms with E-state index in [1.165, 1.54) is 10.9 Å². The summed E-state index contributed by atoms with van der Waals surface area (Å²) in [6.07, 6.45) is 2.46. The van der Waals surface area contributed by atoms with Crippen molar-refractivity contribution < 1.29 is 14.3 Å². The second-order valence-corrected chi connectivity index (χ2v) is 6.27. The molecule has 4 rings (SSSR count). The molecule has 0 saturated heterocycles. The lowest BCUT2D eigenvalue weighted by Gasteiger charge is -2.11. The molecule has 27 heavy (non-hydrogen) atoms. The second kappa shape index (κ2) is 7.49. The molecule has 0 unspecified atom stereocenters. The molecule has 2 heterocycles. The van der Waals surface area contributed by atoms with Gasteiger partial charge in [-0.1, -0.05) is 12.1 Å². The van der Waals surface area contributed by atoms with E-state index in [2.05, 4.69) is 10.3 Å². The third-order valence-corrected chi connectivity index (χ3v) is 4.34. The number of anilines is 1. The van der Waals surface area contributed by atoms with Crippen molar-refractivity contribution in [3.63, 3.8) is 0 Å². The van der Waals surface area contributed by atoms with Crippen LogP contribution in [0.1, 0.15) is 12.8 Å². The Hall–Kier alpha value is -3.35. The monoisotopic (exact) mass is 365 g/mol. The summed E-state index contributed by atoms with van der Waals surface area (Å²) in [5.41, 5.74) is 1.13. The number of para-hydroxylation sites is 1. The molecule has 138 valence electrons. The standard InChI is InChI=1S/C20H19N3O4/c24-19(22-14-6-7-17-18(12-14)27-11-3-10-26-17)8-9-23-13-21-16-5-2-1-4-15(16)20(23)25/h1-2,4-7,12-13H,3,8-11H2,(H,22,24). The second-order valence-electron chi connectivity index (χ2n) is 6.27. The molecule has 0 aliphatic carbocycles. The van der Waals surface area contributed by atoms with Crippen LogP contribution in [0.4, 0.5) is 5.69 Å². The van der Waals surface area contributed by atoms with Crippen LogP contribution in [-0.4, -0.2) is 28.7 Å². The Balaban J connectivity index is 1.42. The van der Waals surface area contributed by atoms with Gasteiger partial charge in [-0.05, 0) is 24.3 Å². The average molecular weight is 365 g/mol. The average Bonchev–Trinajstić information content (AvgIpc) is 2.93. The van der Waals surface area contributed by atoms with Gasteiger partial charge in [0.25, 0.3) is 5.56 Å². The van der Waals surface area contributed by atoms with E-state index in [1.807, 2.05) is 6.07 Å². The Morgan fingerprint density at radius 3 is 2.81 bits per heavy atom. The van der Waals surface area contributed by atoms with Crippen LogP contribution in [0.25, 0.3) is 10.9 Å². The van der Waals surface area contributed by atoms with Gasteiger partial charge in [-0.15, -0.1) is 0 Å². The summed E-state index contributed by atoms with van der Waals surface area (Å²) >= 11 is 0. The number of rotatable bonds is 4. The van der Waals surface area contributed by atoms with Gasteiger partial charge in [0.2, 0.25) is 5.91 Å². The lowest BCUT2D eigenvalue weighted by molar-refractivity contribution is -0.116. The minimum Gasteiger partial charge on any atom is -0.490 e. The lowest BCUT2D eigenvalue weighted by atomic mass is 10.2. The van der Waals surface area contributed by atoms with Gasteiger partial charge in [0.05, 0.1) is 30.4 Å². The zero-order valence-corrected chi connectivity index (χ0v) is 14.7. The van der Waals surface area contributed by atoms with E-state index in [-0.39, 0.29) is 24.4 Å². The van der Waals surface area contributed by atoms with Crippen LogP contribution in [0.2, 0.25) is 0 Å². The summed E-state index contributed by atoms with van der Waals surface area (Å²) in [4.78, 5) is 29.0. The summed E-state index contributed by atoms with van der Waals surface area (Å²) in [7, 11) is 0. The molecule has 1 N–H and O–H groups in total. The number of hydrogen-bond acceptors (Lipinski definition) is 5. The van der Waals surface area contributed by atoms with Crippen LogP contribution in [0.3, 0.4) is 0 Å². The quantitative estimate of drug-likeness (QED) is 0.768. The van der Waals surface area contributed by atoms with E-state index in [0.29, 0.717) is 41.3 Å². The van der Waals surface area contributed by atoms with E-state index in [1.54, 1.807) is 36.4 Å². The first-order chi connectivity index (χ1) is 13.2. The number of ether oxygens (including phenoxy) is 2. The molecule has 1 aliphatic rings. The highest BCUT2D eigenvalue weighted by Gasteiger charge is 2.12. The minimum absolute atomic E-state index is 0.149. The maximum atomic E-state index is 12.5. The third-order valence-electron chi connectivity index (χ3n) is 4.34. The molecule has 0 spiro atoms. The van der Waals surface area contributed by atoms with Crippen LogP contribution in [0, 0.1) is 0 Å². The predicted molar refractivity (Wildman–Crippen MR) is 101 cm³/mol. The molecule has 7 heteroatoms. The van der Waals surface area contributed by atoms with Crippen LogP contribution < -0.4 is 20.3 Å². The molecule has 3 aromatic rings. The Morgan fingerprint density at radius 1 is 1.11 bits per heavy atom. The molecule has 7 nitrogen and oxygen atoms in total. The SMILES string of the molecule is O=C(CCn1cnc2ccccc2c1=O)Nc1ccc2c(c1)OCCCO2. The Bertz CT molecular complexity index is 1040. The number of aryl methyl sites for hydroxylation is 1. The molecule has 0 bridgehead atoms. The highest BCUT2D eigenvalue weighted by atomic mass is 16.5. The van der Waals surface area contributed by atoms with Crippen LogP contribution >= 0.6 is 0 Å². The Labute approximate surface area is 155 Å². The zero-order valence-electron chi connectivity index (χ0n) is 14.7. The molecule has 1 amide bonds. The number of carbonyl (C=O) groups is 1. The van der Waals surface area contributed by atoms with Crippen molar-refractivity contribution in [1.29, 1.82) is 0 Å². The van der Waals surface area contributed by atoms with Gasteiger partial charge in [-0.3, -0.25) is 14.2 Å². The van der Waals surface area contributed by atoms with Crippen LogP contribution in [0.15, 0.2) is 53.6 Å². The maximum Gasteiger partial charge on any atom is 0.261 e. The van der Waals surface area contributed by atoms with Gasteiger partial charge in [-0.25, -0.2) is 4.98 Å². The zero-order chi connectivity index (χ0) is 18.6. The van der Waals surface area contributed by atoms with Crippen molar-refractivity contribution >= 4 is 22.5 Å². The van der Waals surface area contributed by atoms with Gasteiger partial charge >= 0.3 is 0 Å². The van der Waals surface area contributed by atoms with Crippen LogP contribution in [0.5, 0.6) is 11.5 Å². The first-order valence-electron chi connectivity index (χ1n) is 8.84. The first-order valence-corrected chi connectivity index (χ1v) is 8.84. The molecule has 0 radical (unpaired) electrons. The van der Waals surface area contributed by atoms with Gasteiger partial charge in [0, 0.05) is 31.1 Å². The van der Waals surface area contributed by atoms with Crippen LogP contribution in [-0.2, 0) is 11.3 Å². The van der Waals surface area contributed by atoms with E-state index in [0.717, 1.165) is 6.42 Å². The fourth-order valence-corrected chi connectivity index (χ4v) is 2.95. The molecule has 0 saturated carbocycles. The van der Waals surface area contributed by atoms with Crippen molar-refractivity contribution in [2.45, 2.75) is 19.4 Å². The number of nitrogens with zero attached hydrogens (tertiary/aromatic N) is 2. The molecule has 1 aliphatic heterocycles. The van der Waals surface area contributed by atoms with Gasteiger partial charge in [0.1, 0.15) is 0 Å². The van der Waals surface area contributed by atoms with Crippen molar-refractivity contribution in [2.75, 3.05) is 18.5 Å². The van der Waals surface area contributed by atoms with Crippen molar-refractivity contribution in [3.05, 3.63) is 59.1 Å². The number of carbonyl (C=O) groups excluding carboxylic acids is 1. The first kappa shape index (κ1) is 17.1. The molecular weight excluding hydrogens is 346 g/mol. The highest BCUT2D eigenvalue weighted by Crippen LogP contribution is 2.32. The van der Waals surface area contributed by atoms with Crippen molar-refractivity contribution in [1.82, 2.24) is 9.55 Å². The molecule has 0 fully saturated rings. The fourth-order valence-electron chi connectivity index (χ4n) is 2.95. The fraction of sp³-hybridized carbons (Fsp3) is 0.250. The van der Waals surface area contributed by atoms with Crippen molar-refractivity contribution in [2.24, 2.45) is 0 Å².